The molecule has 198 valence electrons. The maximum Gasteiger partial charge on any atom is 0.272 e. The highest BCUT2D eigenvalue weighted by atomic mass is 35.5. The Morgan fingerprint density at radius 1 is 0.846 bits per heavy atom. The predicted molar refractivity (Wildman–Crippen MR) is 162 cm³/mol. The third kappa shape index (κ3) is 8.46. The number of carbonyl (C=O) groups excluding carboxylic acids is 3. The molecule has 3 amide bonds. The molecule has 1 atom stereocenters. The van der Waals surface area contributed by atoms with Crippen LogP contribution >= 0.6 is 46.3 Å². The van der Waals surface area contributed by atoms with Gasteiger partial charge >= 0.3 is 0 Å². The molecule has 1 heterocycles. The average molecular weight is 597 g/mol. The summed E-state index contributed by atoms with van der Waals surface area (Å²) in [5, 5.41) is 10.7. The van der Waals surface area contributed by atoms with Crippen LogP contribution in [0, 0.1) is 0 Å². The van der Waals surface area contributed by atoms with E-state index in [1.165, 1.54) is 23.1 Å². The molecule has 4 rings (SSSR count). The fourth-order valence-electron chi connectivity index (χ4n) is 3.43. The highest BCUT2D eigenvalue weighted by Gasteiger charge is 2.18. The van der Waals surface area contributed by atoms with Crippen LogP contribution in [0.4, 0.5) is 11.4 Å². The van der Waals surface area contributed by atoms with E-state index in [4.69, 9.17) is 23.2 Å². The lowest BCUT2D eigenvalue weighted by atomic mass is 10.2. The van der Waals surface area contributed by atoms with E-state index < -0.39 is 17.1 Å². The van der Waals surface area contributed by atoms with Gasteiger partial charge in [0.05, 0.1) is 5.25 Å². The van der Waals surface area contributed by atoms with Gasteiger partial charge in [0.25, 0.3) is 11.8 Å². The Balaban J connectivity index is 1.44. The van der Waals surface area contributed by atoms with E-state index in [1.54, 1.807) is 73.7 Å². The number of thioether (sulfide) groups is 1. The normalized spacial score (nSPS) is 11.9. The number of anilines is 2. The minimum atomic E-state index is -0.474. The molecule has 0 bridgehead atoms. The van der Waals surface area contributed by atoms with Gasteiger partial charge in [0.2, 0.25) is 5.91 Å². The molecule has 0 aliphatic rings. The third-order valence-corrected chi connectivity index (χ3v) is 7.61. The molecule has 4 aromatic rings. The van der Waals surface area contributed by atoms with Gasteiger partial charge in [-0.25, -0.2) is 0 Å². The van der Waals surface area contributed by atoms with E-state index in [0.717, 1.165) is 9.77 Å². The van der Waals surface area contributed by atoms with Crippen LogP contribution in [-0.4, -0.2) is 23.0 Å². The Kier molecular flexibility index (Phi) is 9.84. The minimum absolute atomic E-state index is 0.109. The van der Waals surface area contributed by atoms with Crippen LogP contribution in [0.15, 0.2) is 101 Å². The number of carbonyl (C=O) groups is 3. The van der Waals surface area contributed by atoms with Crippen LogP contribution in [-0.2, 0) is 9.59 Å². The van der Waals surface area contributed by atoms with Gasteiger partial charge in [0, 0.05) is 36.8 Å². The van der Waals surface area contributed by atoms with Crippen LogP contribution < -0.4 is 16.0 Å². The minimum Gasteiger partial charge on any atom is -0.325 e. The summed E-state index contributed by atoms with van der Waals surface area (Å²) in [6.45, 7) is 1.78. The first kappa shape index (κ1) is 28.4. The molecule has 0 spiro atoms. The van der Waals surface area contributed by atoms with Crippen LogP contribution in [0.5, 0.6) is 0 Å². The monoisotopic (exact) mass is 595 g/mol. The Morgan fingerprint density at radius 3 is 2.28 bits per heavy atom. The molecule has 39 heavy (non-hydrogen) atoms. The van der Waals surface area contributed by atoms with Crippen molar-refractivity contribution in [3.05, 3.63) is 116 Å². The Bertz CT molecular complexity index is 1490. The highest BCUT2D eigenvalue weighted by Crippen LogP contribution is 2.28. The summed E-state index contributed by atoms with van der Waals surface area (Å²) in [4.78, 5) is 40.3. The van der Waals surface area contributed by atoms with Crippen molar-refractivity contribution in [2.45, 2.75) is 17.1 Å². The summed E-state index contributed by atoms with van der Waals surface area (Å²) < 4.78 is 0. The Hall–Kier alpha value is -3.56. The highest BCUT2D eigenvalue weighted by molar-refractivity contribution is 8.00. The van der Waals surface area contributed by atoms with E-state index in [2.05, 4.69) is 16.0 Å². The molecular formula is C29H23Cl2N3O3S2. The topological polar surface area (TPSA) is 87.3 Å². The van der Waals surface area contributed by atoms with Gasteiger partial charge in [-0.2, -0.15) is 0 Å². The van der Waals surface area contributed by atoms with Crippen molar-refractivity contribution in [2.24, 2.45) is 0 Å². The van der Waals surface area contributed by atoms with Gasteiger partial charge < -0.3 is 16.0 Å². The fraction of sp³-hybridized carbons (Fsp3) is 0.0690. The molecule has 1 aromatic heterocycles. The van der Waals surface area contributed by atoms with Gasteiger partial charge in [-0.05, 0) is 73.0 Å². The molecule has 0 aliphatic heterocycles. The third-order valence-electron chi connectivity index (χ3n) is 5.26. The number of thiophene rings is 1. The number of amides is 3. The maximum absolute atomic E-state index is 13.2. The van der Waals surface area contributed by atoms with Crippen LogP contribution in [0.2, 0.25) is 10.0 Å². The second-order valence-corrected chi connectivity index (χ2v) is 11.5. The molecule has 10 heteroatoms. The van der Waals surface area contributed by atoms with E-state index in [9.17, 15) is 14.4 Å². The van der Waals surface area contributed by atoms with Crippen molar-refractivity contribution in [3.63, 3.8) is 0 Å². The number of rotatable bonds is 9. The number of benzene rings is 3. The lowest BCUT2D eigenvalue weighted by Crippen LogP contribution is -2.30. The molecule has 3 aromatic carbocycles. The first-order valence-corrected chi connectivity index (χ1v) is 14.2. The summed E-state index contributed by atoms with van der Waals surface area (Å²) in [6.07, 6.45) is 1.63. The van der Waals surface area contributed by atoms with Crippen molar-refractivity contribution < 1.29 is 14.4 Å². The largest absolute Gasteiger partial charge is 0.325 e. The van der Waals surface area contributed by atoms with Crippen molar-refractivity contribution in [1.29, 1.82) is 0 Å². The molecule has 0 fully saturated rings. The second-order valence-electron chi connectivity index (χ2n) is 8.28. The zero-order valence-corrected chi connectivity index (χ0v) is 23.8. The van der Waals surface area contributed by atoms with Crippen molar-refractivity contribution in [1.82, 2.24) is 5.32 Å². The summed E-state index contributed by atoms with van der Waals surface area (Å²) in [5.74, 6) is -1.09. The van der Waals surface area contributed by atoms with Gasteiger partial charge in [-0.15, -0.1) is 23.1 Å². The van der Waals surface area contributed by atoms with Gasteiger partial charge in [0.1, 0.15) is 5.70 Å². The van der Waals surface area contributed by atoms with E-state index in [-0.39, 0.29) is 11.6 Å². The Labute approximate surface area is 244 Å². The van der Waals surface area contributed by atoms with Crippen LogP contribution in [0.3, 0.4) is 0 Å². The SMILES string of the molecule is CC(Sc1cccc(NC(=O)/C(=C/c2cccs2)NC(=O)c2ccccc2)c1)C(=O)Nc1cc(Cl)cc(Cl)c1. The smallest absolute Gasteiger partial charge is 0.272 e. The average Bonchev–Trinajstić information content (AvgIpc) is 3.41. The molecule has 0 aliphatic carbocycles. The van der Waals surface area contributed by atoms with Gasteiger partial charge in [-0.1, -0.05) is 53.5 Å². The molecule has 0 saturated carbocycles. The maximum atomic E-state index is 13.2. The van der Waals surface area contributed by atoms with Crippen molar-refractivity contribution >= 4 is 81.5 Å². The van der Waals surface area contributed by atoms with Crippen molar-refractivity contribution in [2.75, 3.05) is 10.6 Å². The number of halogens is 2. The fourth-order valence-corrected chi connectivity index (χ4v) is 5.54. The quantitative estimate of drug-likeness (QED) is 0.137. The standard InChI is InChI=1S/C29H23Cl2N3O3S2/c1-18(27(35)33-23-14-20(30)13-21(31)15-23)39-25-10-5-9-22(16-25)32-29(37)26(17-24-11-6-12-38-24)34-28(36)19-7-3-2-4-8-19/h2-18H,1H3,(H,32,37)(H,33,35)(H,34,36)/b26-17-. The van der Waals surface area contributed by atoms with Crippen molar-refractivity contribution in [3.8, 4) is 0 Å². The summed E-state index contributed by atoms with van der Waals surface area (Å²) in [6, 6.07) is 24.4. The summed E-state index contributed by atoms with van der Waals surface area (Å²) >= 11 is 14.8. The van der Waals surface area contributed by atoms with E-state index in [1.807, 2.05) is 29.6 Å². The zero-order chi connectivity index (χ0) is 27.8. The second kappa shape index (κ2) is 13.5. The summed E-state index contributed by atoms with van der Waals surface area (Å²) in [5.41, 5.74) is 1.57. The first-order valence-electron chi connectivity index (χ1n) is 11.7. The Morgan fingerprint density at radius 2 is 1.59 bits per heavy atom. The van der Waals surface area contributed by atoms with Gasteiger partial charge in [0.15, 0.2) is 0 Å². The first-order chi connectivity index (χ1) is 18.8. The van der Waals surface area contributed by atoms with E-state index in [0.29, 0.717) is 27.0 Å². The zero-order valence-electron chi connectivity index (χ0n) is 20.6. The van der Waals surface area contributed by atoms with E-state index >= 15 is 0 Å². The molecular weight excluding hydrogens is 573 g/mol. The molecule has 1 unspecified atom stereocenters. The van der Waals surface area contributed by atoms with Crippen LogP contribution in [0.1, 0.15) is 22.2 Å². The predicted octanol–water partition coefficient (Wildman–Crippen LogP) is 7.58. The molecule has 3 N–H and O–H groups in total. The number of hydrogen-bond donors (Lipinski definition) is 3. The lowest BCUT2D eigenvalue weighted by Gasteiger charge is -2.14. The molecule has 0 radical (unpaired) electrons. The molecule has 6 nitrogen and oxygen atoms in total. The number of hydrogen-bond acceptors (Lipinski definition) is 5. The van der Waals surface area contributed by atoms with Gasteiger partial charge in [-0.3, -0.25) is 14.4 Å². The number of nitrogens with one attached hydrogen (secondary N) is 3. The van der Waals surface area contributed by atoms with Crippen LogP contribution in [0.25, 0.3) is 6.08 Å². The molecule has 0 saturated heterocycles. The lowest BCUT2D eigenvalue weighted by molar-refractivity contribution is -0.115. The summed E-state index contributed by atoms with van der Waals surface area (Å²) in [7, 11) is 0.